The van der Waals surface area contributed by atoms with Gasteiger partial charge in [-0.1, -0.05) is 110 Å². The van der Waals surface area contributed by atoms with Gasteiger partial charge in [-0.05, 0) is 150 Å². The molecule has 536 valence electrons. The fourth-order valence-electron chi connectivity index (χ4n) is 13.1. The molecular weight excluding hydrogens is 1310 g/mol. The summed E-state index contributed by atoms with van der Waals surface area (Å²) in [6.45, 7) is 9.38. The van der Waals surface area contributed by atoms with Crippen LogP contribution in [0.1, 0.15) is 124 Å². The van der Waals surface area contributed by atoms with Crippen molar-refractivity contribution in [2.24, 2.45) is 5.92 Å². The molecule has 5 aromatic rings. The largest absolute Gasteiger partial charge is 0.493 e. The molecule has 1 saturated carbocycles. The van der Waals surface area contributed by atoms with Gasteiger partial charge in [0.25, 0.3) is 0 Å². The molecule has 4 aliphatic rings. The normalized spacial score (nSPS) is 20.2. The highest BCUT2D eigenvalue weighted by Crippen LogP contribution is 2.41. The molecule has 4 aromatic carbocycles. The molecule has 3 aliphatic heterocycles. The van der Waals surface area contributed by atoms with Crippen LogP contribution in [0.2, 0.25) is 0 Å². The van der Waals surface area contributed by atoms with Crippen LogP contribution in [0.25, 0.3) is 0 Å². The molecule has 0 radical (unpaired) electrons. The first kappa shape index (κ1) is 78.0. The van der Waals surface area contributed by atoms with Gasteiger partial charge in [0.05, 0.1) is 57.4 Å². The molecule has 0 unspecified atom stereocenters. The van der Waals surface area contributed by atoms with Crippen molar-refractivity contribution < 1.29 is 82.2 Å². The van der Waals surface area contributed by atoms with Gasteiger partial charge in [-0.15, -0.1) is 23.1 Å². The van der Waals surface area contributed by atoms with E-state index in [1.165, 1.54) is 24.0 Å². The van der Waals surface area contributed by atoms with Crippen molar-refractivity contribution in [3.8, 4) is 11.5 Å². The monoisotopic (exact) mass is 1400 g/mol. The number of fused-ring (bicyclic) bond motifs is 2. The van der Waals surface area contributed by atoms with E-state index in [2.05, 4.69) is 16.0 Å². The molecule has 3 amide bonds. The Bertz CT molecular complexity index is 3440. The van der Waals surface area contributed by atoms with Crippen LogP contribution >= 0.6 is 23.1 Å². The Labute approximate surface area is 588 Å². The summed E-state index contributed by atoms with van der Waals surface area (Å²) in [5, 5.41) is 40.4. The van der Waals surface area contributed by atoms with Crippen LogP contribution in [-0.2, 0) is 89.6 Å². The summed E-state index contributed by atoms with van der Waals surface area (Å²) in [5.41, 5.74) is 4.84. The number of carbonyl (C=O) groups is 9. The molecular formula is C74H96N6O17S2. The predicted octanol–water partition coefficient (Wildman–Crippen LogP) is 8.33. The average Bonchev–Trinajstić information content (AvgIpc) is 1.78. The third-order valence-electron chi connectivity index (χ3n) is 18.1. The van der Waals surface area contributed by atoms with E-state index in [0.717, 1.165) is 58.4 Å². The van der Waals surface area contributed by atoms with Crippen LogP contribution in [-0.4, -0.2) is 191 Å². The summed E-state index contributed by atoms with van der Waals surface area (Å²) in [6.07, 6.45) is 7.94. The molecule has 0 bridgehead atoms. The maximum absolute atomic E-state index is 13.5. The number of nitrogens with zero attached hydrogens (tertiary/aromatic N) is 3. The minimum atomic E-state index is -1.10. The van der Waals surface area contributed by atoms with Crippen molar-refractivity contribution in [1.29, 1.82) is 0 Å². The van der Waals surface area contributed by atoms with E-state index in [1.54, 1.807) is 74.8 Å². The minimum absolute atomic E-state index is 0.00420. The van der Waals surface area contributed by atoms with Crippen molar-refractivity contribution in [3.05, 3.63) is 153 Å². The van der Waals surface area contributed by atoms with E-state index in [1.807, 2.05) is 109 Å². The van der Waals surface area contributed by atoms with Crippen molar-refractivity contribution in [2.75, 3.05) is 52.9 Å². The van der Waals surface area contributed by atoms with E-state index in [9.17, 15) is 58.5 Å². The lowest BCUT2D eigenvalue weighted by Crippen LogP contribution is -2.56. The van der Waals surface area contributed by atoms with Gasteiger partial charge in [-0.2, -0.15) is 0 Å². The predicted molar refractivity (Wildman–Crippen MR) is 375 cm³/mol. The fourth-order valence-corrected chi connectivity index (χ4v) is 15.4. The van der Waals surface area contributed by atoms with Gasteiger partial charge in [0.2, 0.25) is 17.7 Å². The maximum atomic E-state index is 13.5. The number of thioether (sulfide) groups is 1. The fraction of sp³-hybridized carbons (Fsp3) is 0.500. The third-order valence-corrected chi connectivity index (χ3v) is 20.6. The van der Waals surface area contributed by atoms with Crippen molar-refractivity contribution >= 4 is 76.6 Å². The molecule has 99 heavy (non-hydrogen) atoms. The van der Waals surface area contributed by atoms with E-state index < -0.39 is 84.1 Å². The standard InChI is InChI=1S/C27H34N2O7.C24H34N2O5.C23H28N2O5S2/c1-5-36-27(33)21(12-11-18-9-7-6-8-10-18)28-17(2)25(30)29-16-20-15-24(35-4)23(34-3)14-19(20)13-22(29)26(31)32;1-3-31-24(30)19(14-13-17-9-5-4-6-10-17)25-16(2)22(27)26-20-12-8-7-11-18(20)15-21(26)23(28)29;1-2-30-23(29)17(11-10-16-7-4-3-5-8-16)24-18-15-32-20(19-9-6-12-31-19)13-25(22(18)28)14-21(26)27/h6-10,14-15,17,21-22,28H,5,11-13,16H2,1-4H3,(H,31,32);4-6,9-10,16,18-21,25H,3,7-8,11-15H2,1-2H3,(H,28,29);3-9,12,17-18,20,24H,2,10-11,13-15H2,1H3,(H,26,27)/t17-,21-,22-;16-,18+,19-,20-,21-;17-,18-,20-/m000/s1. The first-order valence-corrected chi connectivity index (χ1v) is 36.0. The second-order valence-electron chi connectivity index (χ2n) is 24.9. The summed E-state index contributed by atoms with van der Waals surface area (Å²) >= 11 is 3.20. The molecule has 6 N–H and O–H groups in total. The number of methoxy groups -OCH3 is 2. The summed E-state index contributed by atoms with van der Waals surface area (Å²) < 4.78 is 26.4. The van der Waals surface area contributed by atoms with Gasteiger partial charge in [-0.25, -0.2) is 9.59 Å². The number of hydrogen-bond donors (Lipinski definition) is 6. The van der Waals surface area contributed by atoms with Crippen LogP contribution < -0.4 is 25.4 Å². The first-order chi connectivity index (χ1) is 47.7. The second-order valence-corrected chi connectivity index (χ2v) is 27.1. The smallest absolute Gasteiger partial charge is 0.326 e. The van der Waals surface area contributed by atoms with Crippen LogP contribution in [0.15, 0.2) is 121 Å². The zero-order chi connectivity index (χ0) is 71.5. The molecule has 23 nitrogen and oxygen atoms in total. The van der Waals surface area contributed by atoms with Crippen LogP contribution in [0.5, 0.6) is 11.5 Å². The first-order valence-electron chi connectivity index (χ1n) is 34.1. The number of carboxylic acids is 3. The number of carboxylic acid groups (broad SMARTS) is 3. The molecule has 1 aromatic heterocycles. The van der Waals surface area contributed by atoms with Gasteiger partial charge < -0.3 is 53.7 Å². The molecule has 0 spiro atoms. The van der Waals surface area contributed by atoms with E-state index in [4.69, 9.17) is 23.7 Å². The number of ether oxygens (including phenoxy) is 5. The van der Waals surface area contributed by atoms with Crippen LogP contribution in [0.3, 0.4) is 0 Å². The number of hydrogen-bond acceptors (Lipinski definition) is 19. The SMILES string of the molecule is CCOC(=O)[C@H](CCc1ccccc1)N[C@@H](C)C(=O)N1Cc2cc(OC)c(OC)cc2C[C@H]1C(=O)O.CCOC(=O)[C@H](CCc1ccccc1)N[C@@H](C)C(=O)N1[C@H](C(=O)O)C[C@H]2CCCC[C@@H]21.CCOC(=O)[C@H](CCc1ccccc1)N[C@H]1CS[C@H](c2cccs2)CN(CC(=O)O)C1=O. The second kappa shape index (κ2) is 39.4. The number of amides is 3. The van der Waals surface area contributed by atoms with Gasteiger partial charge in [0.1, 0.15) is 36.8 Å². The van der Waals surface area contributed by atoms with Gasteiger partial charge >= 0.3 is 35.8 Å². The Morgan fingerprint density at radius 3 is 1.57 bits per heavy atom. The van der Waals surface area contributed by atoms with Crippen molar-refractivity contribution in [1.82, 2.24) is 30.7 Å². The highest BCUT2D eigenvalue weighted by Gasteiger charge is 2.49. The molecule has 1 aliphatic carbocycles. The third kappa shape index (κ3) is 22.6. The lowest BCUT2D eigenvalue weighted by atomic mass is 9.84. The average molecular weight is 1410 g/mol. The number of aryl methyl sites for hydroxylation is 3. The van der Waals surface area contributed by atoms with Gasteiger partial charge in [-0.3, -0.25) is 49.5 Å². The Hall–Kier alpha value is -8.36. The number of nitrogens with one attached hydrogen (secondary N) is 3. The van der Waals surface area contributed by atoms with Gasteiger partial charge in [0.15, 0.2) is 11.5 Å². The van der Waals surface area contributed by atoms with Crippen LogP contribution in [0.4, 0.5) is 0 Å². The lowest BCUT2D eigenvalue weighted by molar-refractivity contribution is -0.153. The molecule has 4 heterocycles. The number of esters is 3. The number of likely N-dealkylation sites (tertiary alicyclic amines) is 1. The lowest BCUT2D eigenvalue weighted by Gasteiger charge is -2.37. The quantitative estimate of drug-likeness (QED) is 0.0186. The number of benzene rings is 4. The number of aliphatic carboxylic acids is 3. The summed E-state index contributed by atoms with van der Waals surface area (Å²) in [6, 6.07) is 30.9. The number of rotatable bonds is 30. The summed E-state index contributed by atoms with van der Waals surface area (Å²) in [5.74, 6) is -3.55. The molecule has 3 fully saturated rings. The Kier molecular flexibility index (Phi) is 31.1. The van der Waals surface area contributed by atoms with E-state index >= 15 is 0 Å². The number of thiophene rings is 1. The van der Waals surface area contributed by atoms with Gasteiger partial charge in [0, 0.05) is 36.2 Å². The maximum Gasteiger partial charge on any atom is 0.326 e. The Balaban J connectivity index is 0.000000209. The van der Waals surface area contributed by atoms with E-state index in [0.29, 0.717) is 68.7 Å². The van der Waals surface area contributed by atoms with E-state index in [-0.39, 0.29) is 74.3 Å². The highest BCUT2D eigenvalue weighted by atomic mass is 32.2. The molecule has 25 heteroatoms. The molecule has 11 atom stereocenters. The minimum Gasteiger partial charge on any atom is -0.493 e. The Morgan fingerprint density at radius 2 is 1.09 bits per heavy atom. The summed E-state index contributed by atoms with van der Waals surface area (Å²) in [7, 11) is 3.04. The molecule has 2 saturated heterocycles. The summed E-state index contributed by atoms with van der Waals surface area (Å²) in [4.78, 5) is 119. The highest BCUT2D eigenvalue weighted by molar-refractivity contribution is 7.99. The molecule has 9 rings (SSSR count). The topological polar surface area (TPSA) is 306 Å². The zero-order valence-corrected chi connectivity index (χ0v) is 59.2. The zero-order valence-electron chi connectivity index (χ0n) is 57.5. The van der Waals surface area contributed by atoms with Crippen LogP contribution in [0, 0.1) is 5.92 Å². The Morgan fingerprint density at radius 1 is 0.606 bits per heavy atom. The number of carbonyl (C=O) groups excluding carboxylic acids is 6. The van der Waals surface area contributed by atoms with Crippen molar-refractivity contribution in [3.63, 3.8) is 0 Å². The van der Waals surface area contributed by atoms with Crippen molar-refractivity contribution in [2.45, 2.75) is 178 Å².